The minimum Gasteiger partial charge on any atom is -0.478 e. The lowest BCUT2D eigenvalue weighted by Crippen LogP contribution is -2.07. The fourth-order valence-electron chi connectivity index (χ4n) is 1.48. The van der Waals surface area contributed by atoms with Crippen LogP contribution in [0.2, 0.25) is 0 Å². The molecule has 0 aliphatic heterocycles. The summed E-state index contributed by atoms with van der Waals surface area (Å²) in [6.07, 6.45) is 2.63. The summed E-state index contributed by atoms with van der Waals surface area (Å²) in [5.74, 6) is -0.941. The van der Waals surface area contributed by atoms with E-state index in [9.17, 15) is 4.79 Å². The summed E-state index contributed by atoms with van der Waals surface area (Å²) in [6.45, 7) is 0.917. The fraction of sp³-hybridized carbons (Fsp3) is 0.417. The van der Waals surface area contributed by atoms with Gasteiger partial charge >= 0.3 is 5.97 Å². The molecule has 1 aromatic rings. The van der Waals surface area contributed by atoms with Gasteiger partial charge in [0.05, 0.1) is 5.56 Å². The quantitative estimate of drug-likeness (QED) is 0.677. The van der Waals surface area contributed by atoms with Crippen LogP contribution < -0.4 is 5.32 Å². The van der Waals surface area contributed by atoms with Crippen LogP contribution in [-0.4, -0.2) is 29.3 Å². The van der Waals surface area contributed by atoms with Crippen molar-refractivity contribution in [3.63, 3.8) is 0 Å². The number of anilines is 1. The van der Waals surface area contributed by atoms with Crippen LogP contribution in [0.5, 0.6) is 0 Å². The molecule has 0 saturated carbocycles. The number of carboxylic acid groups (broad SMARTS) is 1. The minimum atomic E-state index is -0.941. The maximum Gasteiger partial charge on any atom is 0.337 e. The number of halogens is 1. The number of aliphatic hydroxyl groups is 1. The van der Waals surface area contributed by atoms with Crippen molar-refractivity contribution in [2.24, 2.45) is 0 Å². The van der Waals surface area contributed by atoms with Gasteiger partial charge < -0.3 is 15.5 Å². The van der Waals surface area contributed by atoms with Crippen LogP contribution in [0, 0.1) is 0 Å². The number of aromatic carboxylic acids is 1. The molecule has 0 heterocycles. The van der Waals surface area contributed by atoms with E-state index in [1.54, 1.807) is 12.1 Å². The summed E-state index contributed by atoms with van der Waals surface area (Å²) < 4.78 is 0.751. The van der Waals surface area contributed by atoms with Gasteiger partial charge in [0.15, 0.2) is 0 Å². The molecular weight excluding hydrogens is 286 g/mol. The van der Waals surface area contributed by atoms with Gasteiger partial charge in [0.1, 0.15) is 0 Å². The molecule has 0 aliphatic rings. The maximum absolute atomic E-state index is 11.0. The Morgan fingerprint density at radius 2 is 2.06 bits per heavy atom. The summed E-state index contributed by atoms with van der Waals surface area (Å²) >= 11 is 3.25. The average Bonchev–Trinajstić information content (AvgIpc) is 2.30. The third-order valence-electron chi connectivity index (χ3n) is 2.36. The molecule has 0 fully saturated rings. The van der Waals surface area contributed by atoms with Crippen LogP contribution in [0.25, 0.3) is 0 Å². The Morgan fingerprint density at radius 3 is 2.71 bits per heavy atom. The van der Waals surface area contributed by atoms with Crippen LogP contribution in [0.3, 0.4) is 0 Å². The van der Waals surface area contributed by atoms with Gasteiger partial charge in [-0.15, -0.1) is 0 Å². The van der Waals surface area contributed by atoms with Crippen molar-refractivity contribution < 1.29 is 15.0 Å². The van der Waals surface area contributed by atoms with E-state index in [0.29, 0.717) is 12.2 Å². The number of aliphatic hydroxyl groups excluding tert-OH is 1. The van der Waals surface area contributed by atoms with Gasteiger partial charge in [-0.05, 0) is 37.5 Å². The molecule has 0 saturated heterocycles. The summed E-state index contributed by atoms with van der Waals surface area (Å²) in [5.41, 5.74) is 0.895. The molecule has 0 aliphatic carbocycles. The van der Waals surface area contributed by atoms with Gasteiger partial charge in [0, 0.05) is 23.3 Å². The van der Waals surface area contributed by atoms with E-state index >= 15 is 0 Å². The molecule has 0 amide bonds. The van der Waals surface area contributed by atoms with E-state index in [4.69, 9.17) is 10.2 Å². The Bertz CT molecular complexity index is 382. The van der Waals surface area contributed by atoms with E-state index in [-0.39, 0.29) is 12.2 Å². The summed E-state index contributed by atoms with van der Waals surface area (Å²) in [6, 6.07) is 5.14. The molecule has 4 nitrogen and oxygen atoms in total. The highest BCUT2D eigenvalue weighted by molar-refractivity contribution is 9.10. The number of carboxylic acids is 1. The first kappa shape index (κ1) is 14.0. The number of hydrogen-bond acceptors (Lipinski definition) is 3. The zero-order valence-corrected chi connectivity index (χ0v) is 11.0. The molecule has 1 aromatic carbocycles. The number of rotatable bonds is 7. The minimum absolute atomic E-state index is 0.207. The van der Waals surface area contributed by atoms with Crippen LogP contribution in [0.4, 0.5) is 5.69 Å². The van der Waals surface area contributed by atoms with Gasteiger partial charge in [-0.2, -0.15) is 0 Å². The molecule has 0 spiro atoms. The van der Waals surface area contributed by atoms with E-state index in [1.807, 2.05) is 6.07 Å². The molecule has 0 bridgehead atoms. The van der Waals surface area contributed by atoms with Crippen molar-refractivity contribution in [3.05, 3.63) is 28.2 Å². The Hall–Kier alpha value is -1.07. The number of unbranched alkanes of at least 4 members (excludes halogenated alkanes) is 2. The molecule has 5 heteroatoms. The second kappa shape index (κ2) is 7.29. The van der Waals surface area contributed by atoms with Crippen LogP contribution >= 0.6 is 15.9 Å². The zero-order valence-electron chi connectivity index (χ0n) is 9.45. The third-order valence-corrected chi connectivity index (χ3v) is 2.86. The van der Waals surface area contributed by atoms with Gasteiger partial charge in [0.25, 0.3) is 0 Å². The normalized spacial score (nSPS) is 10.2. The Labute approximate surface area is 109 Å². The predicted octanol–water partition coefficient (Wildman–Crippen LogP) is 2.72. The molecular formula is C12H16BrNO3. The molecule has 0 unspecified atom stereocenters. The second-order valence-electron chi connectivity index (χ2n) is 3.71. The van der Waals surface area contributed by atoms with Gasteiger partial charge in [-0.1, -0.05) is 15.9 Å². The highest BCUT2D eigenvalue weighted by Gasteiger charge is 2.09. The van der Waals surface area contributed by atoms with Gasteiger partial charge in [0.2, 0.25) is 0 Å². The lowest BCUT2D eigenvalue weighted by atomic mass is 10.1. The SMILES string of the molecule is O=C(O)c1cc(Br)ccc1NCCCCCO. The van der Waals surface area contributed by atoms with Crippen LogP contribution in [-0.2, 0) is 0 Å². The number of nitrogens with one attached hydrogen (secondary N) is 1. The van der Waals surface area contributed by atoms with Gasteiger partial charge in [-0.25, -0.2) is 4.79 Å². The van der Waals surface area contributed by atoms with Crippen molar-refractivity contribution in [3.8, 4) is 0 Å². The van der Waals surface area contributed by atoms with Crippen molar-refractivity contribution in [2.45, 2.75) is 19.3 Å². The molecule has 3 N–H and O–H groups in total. The Balaban J connectivity index is 2.55. The first-order valence-electron chi connectivity index (χ1n) is 5.52. The molecule has 17 heavy (non-hydrogen) atoms. The van der Waals surface area contributed by atoms with E-state index in [1.165, 1.54) is 0 Å². The Morgan fingerprint density at radius 1 is 1.29 bits per heavy atom. The summed E-state index contributed by atoms with van der Waals surface area (Å²) in [5, 5.41) is 20.8. The predicted molar refractivity (Wildman–Crippen MR) is 70.5 cm³/mol. The fourth-order valence-corrected chi connectivity index (χ4v) is 1.85. The monoisotopic (exact) mass is 301 g/mol. The van der Waals surface area contributed by atoms with E-state index < -0.39 is 5.97 Å². The van der Waals surface area contributed by atoms with Crippen molar-refractivity contribution >= 4 is 27.6 Å². The van der Waals surface area contributed by atoms with Crippen molar-refractivity contribution in [2.75, 3.05) is 18.5 Å². The molecule has 1 rings (SSSR count). The lowest BCUT2D eigenvalue weighted by molar-refractivity contribution is 0.0698. The van der Waals surface area contributed by atoms with Crippen LogP contribution in [0.1, 0.15) is 29.6 Å². The second-order valence-corrected chi connectivity index (χ2v) is 4.62. The summed E-state index contributed by atoms with van der Waals surface area (Å²) in [7, 11) is 0. The standard InChI is InChI=1S/C12H16BrNO3/c13-9-4-5-11(10(8-9)12(16)17)14-6-2-1-3-7-15/h4-5,8,14-15H,1-3,6-7H2,(H,16,17). The van der Waals surface area contributed by atoms with Crippen LogP contribution in [0.15, 0.2) is 22.7 Å². The molecule has 0 aromatic heterocycles. The largest absolute Gasteiger partial charge is 0.478 e. The molecule has 94 valence electrons. The lowest BCUT2D eigenvalue weighted by Gasteiger charge is -2.09. The van der Waals surface area contributed by atoms with Crippen molar-refractivity contribution in [1.82, 2.24) is 0 Å². The van der Waals surface area contributed by atoms with E-state index in [2.05, 4.69) is 21.2 Å². The van der Waals surface area contributed by atoms with Gasteiger partial charge in [-0.3, -0.25) is 0 Å². The first-order chi connectivity index (χ1) is 8.15. The Kier molecular flexibility index (Phi) is 6.00. The number of benzene rings is 1. The topological polar surface area (TPSA) is 69.6 Å². The zero-order chi connectivity index (χ0) is 12.7. The highest BCUT2D eigenvalue weighted by atomic mass is 79.9. The third kappa shape index (κ3) is 4.75. The summed E-state index contributed by atoms with van der Waals surface area (Å²) in [4.78, 5) is 11.0. The number of hydrogen-bond donors (Lipinski definition) is 3. The number of carbonyl (C=O) groups is 1. The first-order valence-corrected chi connectivity index (χ1v) is 6.32. The highest BCUT2D eigenvalue weighted by Crippen LogP contribution is 2.21. The molecule has 0 atom stereocenters. The average molecular weight is 302 g/mol. The molecule has 0 radical (unpaired) electrons. The smallest absolute Gasteiger partial charge is 0.337 e. The maximum atomic E-state index is 11.0. The van der Waals surface area contributed by atoms with E-state index in [0.717, 1.165) is 23.7 Å². The van der Waals surface area contributed by atoms with Crippen molar-refractivity contribution in [1.29, 1.82) is 0 Å².